The fourth-order valence-corrected chi connectivity index (χ4v) is 2.62. The maximum atomic E-state index is 6.38. The van der Waals surface area contributed by atoms with Gasteiger partial charge in [-0.2, -0.15) is 0 Å². The third-order valence-electron chi connectivity index (χ3n) is 3.43. The molecule has 0 atom stereocenters. The van der Waals surface area contributed by atoms with E-state index in [4.69, 9.17) is 11.6 Å². The average molecular weight is 283 g/mol. The number of aromatic nitrogens is 1. The van der Waals surface area contributed by atoms with Crippen LogP contribution in [0.2, 0.25) is 5.02 Å². The van der Waals surface area contributed by atoms with Crippen molar-refractivity contribution in [1.29, 1.82) is 0 Å². The van der Waals surface area contributed by atoms with Crippen LogP contribution in [0.15, 0.2) is 47.5 Å². The van der Waals surface area contributed by atoms with Gasteiger partial charge in [-0.3, -0.25) is 4.99 Å². The fraction of sp³-hybridized carbons (Fsp3) is 0.118. The van der Waals surface area contributed by atoms with Crippen LogP contribution in [-0.4, -0.2) is 11.2 Å². The summed E-state index contributed by atoms with van der Waals surface area (Å²) in [6.07, 6.45) is 1.80. The number of H-pyrrole nitrogens is 1. The Morgan fingerprint density at radius 1 is 1.00 bits per heavy atom. The minimum absolute atomic E-state index is 0.718. The highest BCUT2D eigenvalue weighted by Crippen LogP contribution is 2.27. The first-order valence-electron chi connectivity index (χ1n) is 6.53. The number of hydrogen-bond acceptors (Lipinski definition) is 1. The lowest BCUT2D eigenvalue weighted by atomic mass is 10.1. The number of aryl methyl sites for hydroxylation is 2. The molecule has 0 amide bonds. The third-order valence-corrected chi connectivity index (χ3v) is 3.84. The van der Waals surface area contributed by atoms with Gasteiger partial charge >= 0.3 is 0 Å². The summed E-state index contributed by atoms with van der Waals surface area (Å²) in [6, 6.07) is 14.1. The van der Waals surface area contributed by atoms with E-state index in [0.717, 1.165) is 38.4 Å². The molecule has 0 saturated carbocycles. The standard InChI is InChI=1S/C17H15ClN2/c1-11-6-5-7-12(2)17(11)19-10-15-16(18)13-8-3-4-9-14(13)20-15/h3-10,20H,1-2H3. The van der Waals surface area contributed by atoms with Crippen molar-refractivity contribution in [1.82, 2.24) is 4.98 Å². The smallest absolute Gasteiger partial charge is 0.0766 e. The van der Waals surface area contributed by atoms with E-state index in [2.05, 4.69) is 36.0 Å². The van der Waals surface area contributed by atoms with E-state index >= 15 is 0 Å². The summed E-state index contributed by atoms with van der Waals surface area (Å²) in [5, 5.41) is 1.74. The Hall–Kier alpha value is -2.06. The first kappa shape index (κ1) is 12.9. The van der Waals surface area contributed by atoms with Crippen molar-refractivity contribution in [2.75, 3.05) is 0 Å². The lowest BCUT2D eigenvalue weighted by Crippen LogP contribution is -1.84. The predicted molar refractivity (Wildman–Crippen MR) is 86.5 cm³/mol. The summed E-state index contributed by atoms with van der Waals surface area (Å²) in [5.74, 6) is 0. The molecular weight excluding hydrogens is 268 g/mol. The molecule has 0 bridgehead atoms. The molecule has 2 aromatic carbocycles. The third kappa shape index (κ3) is 2.23. The van der Waals surface area contributed by atoms with Crippen LogP contribution in [0, 0.1) is 13.8 Å². The van der Waals surface area contributed by atoms with Crippen LogP contribution in [0.1, 0.15) is 16.8 Å². The molecule has 20 heavy (non-hydrogen) atoms. The lowest BCUT2D eigenvalue weighted by molar-refractivity contribution is 1.33. The van der Waals surface area contributed by atoms with Crippen LogP contribution in [0.25, 0.3) is 10.9 Å². The number of fused-ring (bicyclic) bond motifs is 1. The van der Waals surface area contributed by atoms with E-state index in [1.807, 2.05) is 30.3 Å². The first-order chi connectivity index (χ1) is 9.66. The number of aromatic amines is 1. The molecule has 1 heterocycles. The normalized spacial score (nSPS) is 11.6. The fourth-order valence-electron chi connectivity index (χ4n) is 2.36. The molecular formula is C17H15ClN2. The van der Waals surface area contributed by atoms with Crippen LogP contribution in [0.5, 0.6) is 0 Å². The summed E-state index contributed by atoms with van der Waals surface area (Å²) in [7, 11) is 0. The van der Waals surface area contributed by atoms with Gasteiger partial charge in [-0.05, 0) is 31.0 Å². The second-order valence-corrected chi connectivity index (χ2v) is 5.27. The van der Waals surface area contributed by atoms with Gasteiger partial charge in [0, 0.05) is 10.9 Å². The largest absolute Gasteiger partial charge is 0.352 e. The van der Waals surface area contributed by atoms with Gasteiger partial charge in [0.15, 0.2) is 0 Å². The molecule has 3 rings (SSSR count). The Labute approximate surface area is 123 Å². The molecule has 3 heteroatoms. The number of nitrogens with one attached hydrogen (secondary N) is 1. The van der Waals surface area contributed by atoms with E-state index in [-0.39, 0.29) is 0 Å². The van der Waals surface area contributed by atoms with Crippen molar-refractivity contribution in [3.63, 3.8) is 0 Å². The molecule has 0 radical (unpaired) electrons. The van der Waals surface area contributed by atoms with Gasteiger partial charge in [-0.15, -0.1) is 0 Å². The Morgan fingerprint density at radius 3 is 2.40 bits per heavy atom. The first-order valence-corrected chi connectivity index (χ1v) is 6.91. The summed E-state index contributed by atoms with van der Waals surface area (Å²) < 4.78 is 0. The number of para-hydroxylation sites is 2. The molecule has 0 saturated heterocycles. The number of benzene rings is 2. The molecule has 0 aliphatic rings. The van der Waals surface area contributed by atoms with Gasteiger partial charge in [0.05, 0.1) is 22.6 Å². The zero-order valence-corrected chi connectivity index (χ0v) is 12.2. The van der Waals surface area contributed by atoms with Crippen molar-refractivity contribution in [2.45, 2.75) is 13.8 Å². The van der Waals surface area contributed by atoms with E-state index < -0.39 is 0 Å². The van der Waals surface area contributed by atoms with Gasteiger partial charge < -0.3 is 4.98 Å². The van der Waals surface area contributed by atoms with Gasteiger partial charge in [0.2, 0.25) is 0 Å². The minimum atomic E-state index is 0.718. The van der Waals surface area contributed by atoms with Crippen LogP contribution in [0.4, 0.5) is 5.69 Å². The van der Waals surface area contributed by atoms with Crippen molar-refractivity contribution in [2.24, 2.45) is 4.99 Å². The molecule has 0 aliphatic heterocycles. The maximum absolute atomic E-state index is 6.38. The Bertz CT molecular complexity index is 780. The van der Waals surface area contributed by atoms with Gasteiger partial charge in [-0.1, -0.05) is 48.0 Å². The monoisotopic (exact) mass is 282 g/mol. The SMILES string of the molecule is Cc1cccc(C)c1N=Cc1[nH]c2ccccc2c1Cl. The lowest BCUT2D eigenvalue weighted by Gasteiger charge is -2.03. The highest BCUT2D eigenvalue weighted by Gasteiger charge is 2.07. The van der Waals surface area contributed by atoms with Crippen molar-refractivity contribution >= 4 is 34.4 Å². The Balaban J connectivity index is 2.05. The van der Waals surface area contributed by atoms with Crippen LogP contribution < -0.4 is 0 Å². The molecule has 0 unspecified atom stereocenters. The highest BCUT2D eigenvalue weighted by molar-refractivity contribution is 6.38. The molecule has 0 fully saturated rings. The van der Waals surface area contributed by atoms with E-state index in [1.165, 1.54) is 0 Å². The second-order valence-electron chi connectivity index (χ2n) is 4.90. The molecule has 1 aromatic heterocycles. The summed E-state index contributed by atoms with van der Waals surface area (Å²) >= 11 is 6.38. The number of halogens is 1. The number of rotatable bonds is 2. The van der Waals surface area contributed by atoms with Crippen molar-refractivity contribution in [3.8, 4) is 0 Å². The zero-order valence-electron chi connectivity index (χ0n) is 11.4. The molecule has 2 nitrogen and oxygen atoms in total. The molecule has 1 N–H and O–H groups in total. The van der Waals surface area contributed by atoms with Gasteiger partial charge in [0.25, 0.3) is 0 Å². The predicted octanol–water partition coefficient (Wildman–Crippen LogP) is 5.19. The number of aliphatic imine (C=N–C) groups is 1. The van der Waals surface area contributed by atoms with Gasteiger partial charge in [0.1, 0.15) is 0 Å². The molecule has 100 valence electrons. The summed E-state index contributed by atoms with van der Waals surface area (Å²) in [4.78, 5) is 7.88. The maximum Gasteiger partial charge on any atom is 0.0766 e. The number of nitrogens with zero attached hydrogens (tertiary/aromatic N) is 1. The Morgan fingerprint density at radius 2 is 1.70 bits per heavy atom. The number of hydrogen-bond donors (Lipinski definition) is 1. The highest BCUT2D eigenvalue weighted by atomic mass is 35.5. The van der Waals surface area contributed by atoms with E-state index in [9.17, 15) is 0 Å². The Kier molecular flexibility index (Phi) is 3.33. The van der Waals surface area contributed by atoms with Crippen molar-refractivity contribution < 1.29 is 0 Å². The second kappa shape index (κ2) is 5.14. The quantitative estimate of drug-likeness (QED) is 0.627. The summed E-state index contributed by atoms with van der Waals surface area (Å²) in [5.41, 5.74) is 5.19. The van der Waals surface area contributed by atoms with Crippen LogP contribution >= 0.6 is 11.6 Å². The minimum Gasteiger partial charge on any atom is -0.352 e. The molecule has 3 aromatic rings. The molecule has 0 aliphatic carbocycles. The zero-order chi connectivity index (χ0) is 14.1. The summed E-state index contributed by atoms with van der Waals surface area (Å²) in [6.45, 7) is 4.12. The van der Waals surface area contributed by atoms with Crippen LogP contribution in [-0.2, 0) is 0 Å². The van der Waals surface area contributed by atoms with Crippen LogP contribution in [0.3, 0.4) is 0 Å². The van der Waals surface area contributed by atoms with Crippen molar-refractivity contribution in [3.05, 3.63) is 64.3 Å². The topological polar surface area (TPSA) is 28.1 Å². The average Bonchev–Trinajstić information content (AvgIpc) is 2.76. The van der Waals surface area contributed by atoms with E-state index in [0.29, 0.717) is 0 Å². The molecule has 0 spiro atoms. The van der Waals surface area contributed by atoms with Gasteiger partial charge in [-0.25, -0.2) is 0 Å². The van der Waals surface area contributed by atoms with E-state index in [1.54, 1.807) is 6.21 Å².